The SMILES string of the molecule is CCCC1CCCCN1c1ccnc(NC)c1. The van der Waals surface area contributed by atoms with E-state index in [9.17, 15) is 0 Å². The fraction of sp³-hybridized carbons (Fsp3) is 0.643. The summed E-state index contributed by atoms with van der Waals surface area (Å²) < 4.78 is 0. The Kier molecular flexibility index (Phi) is 4.24. The van der Waals surface area contributed by atoms with Crippen LogP contribution in [0.25, 0.3) is 0 Å². The highest BCUT2D eigenvalue weighted by atomic mass is 15.2. The van der Waals surface area contributed by atoms with Crippen LogP contribution in [0.5, 0.6) is 0 Å². The number of nitrogens with one attached hydrogen (secondary N) is 1. The van der Waals surface area contributed by atoms with Gasteiger partial charge in [-0.25, -0.2) is 4.98 Å². The molecule has 0 amide bonds. The second-order valence-corrected chi connectivity index (χ2v) is 4.78. The maximum Gasteiger partial charge on any atom is 0.127 e. The molecule has 1 aromatic rings. The van der Waals surface area contributed by atoms with Gasteiger partial charge >= 0.3 is 0 Å². The molecule has 2 rings (SSSR count). The van der Waals surface area contributed by atoms with E-state index >= 15 is 0 Å². The van der Waals surface area contributed by atoms with Crippen LogP contribution < -0.4 is 10.2 Å². The molecule has 0 bridgehead atoms. The zero-order valence-corrected chi connectivity index (χ0v) is 10.9. The topological polar surface area (TPSA) is 28.2 Å². The zero-order valence-electron chi connectivity index (χ0n) is 10.9. The molecule has 94 valence electrons. The van der Waals surface area contributed by atoms with Crippen molar-refractivity contribution in [3.05, 3.63) is 18.3 Å². The van der Waals surface area contributed by atoms with Crippen LogP contribution >= 0.6 is 0 Å². The van der Waals surface area contributed by atoms with Crippen LogP contribution in [0.4, 0.5) is 11.5 Å². The predicted molar refractivity (Wildman–Crippen MR) is 73.7 cm³/mol. The maximum absolute atomic E-state index is 4.29. The third-order valence-corrected chi connectivity index (χ3v) is 3.58. The van der Waals surface area contributed by atoms with Crippen LogP contribution in [0.1, 0.15) is 39.0 Å². The van der Waals surface area contributed by atoms with Gasteiger partial charge < -0.3 is 10.2 Å². The van der Waals surface area contributed by atoms with E-state index in [4.69, 9.17) is 0 Å². The van der Waals surface area contributed by atoms with Crippen LogP contribution in [0.2, 0.25) is 0 Å². The normalized spacial score (nSPS) is 20.4. The van der Waals surface area contributed by atoms with Crippen molar-refractivity contribution >= 4 is 11.5 Å². The zero-order chi connectivity index (χ0) is 12.1. The fourth-order valence-corrected chi connectivity index (χ4v) is 2.71. The number of piperidine rings is 1. The Morgan fingerprint density at radius 1 is 1.47 bits per heavy atom. The third kappa shape index (κ3) is 2.90. The van der Waals surface area contributed by atoms with E-state index in [1.54, 1.807) is 0 Å². The van der Waals surface area contributed by atoms with E-state index in [1.807, 2.05) is 13.2 Å². The van der Waals surface area contributed by atoms with Crippen LogP contribution in [0.15, 0.2) is 18.3 Å². The van der Waals surface area contributed by atoms with Gasteiger partial charge in [-0.05, 0) is 31.7 Å². The molecule has 3 nitrogen and oxygen atoms in total. The van der Waals surface area contributed by atoms with Crippen molar-refractivity contribution in [2.45, 2.75) is 45.1 Å². The van der Waals surface area contributed by atoms with Gasteiger partial charge in [0, 0.05) is 37.6 Å². The second kappa shape index (κ2) is 5.89. The predicted octanol–water partition coefficient (Wildman–Crippen LogP) is 3.28. The van der Waals surface area contributed by atoms with Crippen LogP contribution in [-0.4, -0.2) is 24.6 Å². The molecule has 0 saturated carbocycles. The lowest BCUT2D eigenvalue weighted by Crippen LogP contribution is -2.39. The third-order valence-electron chi connectivity index (χ3n) is 3.58. The average Bonchev–Trinajstić information content (AvgIpc) is 2.40. The molecule has 0 radical (unpaired) electrons. The molecule has 2 heterocycles. The minimum atomic E-state index is 0.723. The largest absolute Gasteiger partial charge is 0.373 e. The fourth-order valence-electron chi connectivity index (χ4n) is 2.71. The van der Waals surface area contributed by atoms with Crippen molar-refractivity contribution in [1.82, 2.24) is 4.98 Å². The summed E-state index contributed by atoms with van der Waals surface area (Å²) in [5, 5.41) is 3.12. The van der Waals surface area contributed by atoms with Gasteiger partial charge in [-0.2, -0.15) is 0 Å². The molecule has 0 aromatic carbocycles. The summed E-state index contributed by atoms with van der Waals surface area (Å²) >= 11 is 0. The van der Waals surface area contributed by atoms with Crippen molar-refractivity contribution < 1.29 is 0 Å². The summed E-state index contributed by atoms with van der Waals surface area (Å²) in [5.41, 5.74) is 1.32. The van der Waals surface area contributed by atoms with Gasteiger partial charge in [0.1, 0.15) is 5.82 Å². The van der Waals surface area contributed by atoms with Crippen LogP contribution in [-0.2, 0) is 0 Å². The van der Waals surface area contributed by atoms with E-state index < -0.39 is 0 Å². The lowest BCUT2D eigenvalue weighted by Gasteiger charge is -2.37. The molecule has 1 N–H and O–H groups in total. The van der Waals surface area contributed by atoms with E-state index in [1.165, 1.54) is 44.3 Å². The quantitative estimate of drug-likeness (QED) is 0.865. The molecule has 1 saturated heterocycles. The molecule has 1 aliphatic heterocycles. The Morgan fingerprint density at radius 2 is 2.35 bits per heavy atom. The highest BCUT2D eigenvalue weighted by Gasteiger charge is 2.21. The van der Waals surface area contributed by atoms with Gasteiger partial charge in [0.15, 0.2) is 0 Å². The number of anilines is 2. The van der Waals surface area contributed by atoms with Gasteiger partial charge in [-0.1, -0.05) is 13.3 Å². The number of hydrogen-bond acceptors (Lipinski definition) is 3. The van der Waals surface area contributed by atoms with Crippen LogP contribution in [0, 0.1) is 0 Å². The molecule has 1 aromatic heterocycles. The molecule has 1 fully saturated rings. The smallest absolute Gasteiger partial charge is 0.127 e. The number of pyridine rings is 1. The monoisotopic (exact) mass is 233 g/mol. The Hall–Kier alpha value is -1.25. The second-order valence-electron chi connectivity index (χ2n) is 4.78. The summed E-state index contributed by atoms with van der Waals surface area (Å²) in [6, 6.07) is 5.02. The lowest BCUT2D eigenvalue weighted by atomic mass is 9.97. The first-order chi connectivity index (χ1) is 8.35. The van der Waals surface area contributed by atoms with E-state index in [0.717, 1.165) is 11.9 Å². The number of aromatic nitrogens is 1. The number of hydrogen-bond donors (Lipinski definition) is 1. The van der Waals surface area contributed by atoms with Gasteiger partial charge in [-0.3, -0.25) is 0 Å². The Labute approximate surface area is 104 Å². The van der Waals surface area contributed by atoms with E-state index in [2.05, 4.69) is 34.3 Å². The lowest BCUT2D eigenvalue weighted by molar-refractivity contribution is 0.435. The van der Waals surface area contributed by atoms with Crippen molar-refractivity contribution in [2.75, 3.05) is 23.8 Å². The van der Waals surface area contributed by atoms with Crippen LogP contribution in [0.3, 0.4) is 0 Å². The molecule has 0 aliphatic carbocycles. The van der Waals surface area contributed by atoms with E-state index in [-0.39, 0.29) is 0 Å². The molecule has 17 heavy (non-hydrogen) atoms. The molecule has 1 atom stereocenters. The molecule has 3 heteroatoms. The van der Waals surface area contributed by atoms with Gasteiger partial charge in [0.25, 0.3) is 0 Å². The summed E-state index contributed by atoms with van der Waals surface area (Å²) in [7, 11) is 1.92. The maximum atomic E-state index is 4.29. The summed E-state index contributed by atoms with van der Waals surface area (Å²) in [5.74, 6) is 0.961. The Morgan fingerprint density at radius 3 is 3.12 bits per heavy atom. The molecular formula is C14H23N3. The number of rotatable bonds is 4. The summed E-state index contributed by atoms with van der Waals surface area (Å²) in [6.07, 6.45) is 8.51. The van der Waals surface area contributed by atoms with Crippen molar-refractivity contribution in [1.29, 1.82) is 0 Å². The van der Waals surface area contributed by atoms with Crippen molar-refractivity contribution in [3.63, 3.8) is 0 Å². The first-order valence-electron chi connectivity index (χ1n) is 6.75. The molecular weight excluding hydrogens is 210 g/mol. The van der Waals surface area contributed by atoms with Gasteiger partial charge in [0.2, 0.25) is 0 Å². The number of nitrogens with zero attached hydrogens (tertiary/aromatic N) is 2. The van der Waals surface area contributed by atoms with Gasteiger partial charge in [-0.15, -0.1) is 0 Å². The Balaban J connectivity index is 2.16. The summed E-state index contributed by atoms with van der Waals surface area (Å²) in [4.78, 5) is 6.85. The summed E-state index contributed by atoms with van der Waals surface area (Å²) in [6.45, 7) is 3.47. The van der Waals surface area contributed by atoms with Gasteiger partial charge in [0.05, 0.1) is 0 Å². The standard InChI is InChI=1S/C14H23N3/c1-3-6-12-7-4-5-10-17(12)13-8-9-16-14(11-13)15-2/h8-9,11-12H,3-7,10H2,1-2H3,(H,15,16). The average molecular weight is 233 g/mol. The Bertz CT molecular complexity index is 349. The van der Waals surface area contributed by atoms with E-state index in [0.29, 0.717) is 0 Å². The first-order valence-corrected chi connectivity index (χ1v) is 6.75. The van der Waals surface area contributed by atoms with Crippen molar-refractivity contribution in [2.24, 2.45) is 0 Å². The molecule has 1 unspecified atom stereocenters. The molecule has 0 spiro atoms. The minimum Gasteiger partial charge on any atom is -0.373 e. The minimum absolute atomic E-state index is 0.723. The van der Waals surface area contributed by atoms with Crippen molar-refractivity contribution in [3.8, 4) is 0 Å². The highest BCUT2D eigenvalue weighted by Crippen LogP contribution is 2.28. The first kappa shape index (κ1) is 12.2. The molecule has 1 aliphatic rings. The highest BCUT2D eigenvalue weighted by molar-refractivity contribution is 5.54.